The van der Waals surface area contributed by atoms with Crippen LogP contribution in [0.15, 0.2) is 70.7 Å². The molecule has 1 saturated heterocycles. The summed E-state index contributed by atoms with van der Waals surface area (Å²) < 4.78 is 6.12. The zero-order chi connectivity index (χ0) is 26.7. The molecular weight excluding hydrogens is 562 g/mol. The van der Waals surface area contributed by atoms with E-state index in [9.17, 15) is 19.2 Å². The molecule has 0 spiro atoms. The summed E-state index contributed by atoms with van der Waals surface area (Å²) in [5, 5.41) is 5.30. The Hall–Kier alpha value is -3.95. The Kier molecular flexibility index (Phi) is 7.75. The van der Waals surface area contributed by atoms with Gasteiger partial charge in [0, 0.05) is 10.7 Å². The molecule has 0 atom stereocenters. The van der Waals surface area contributed by atoms with E-state index in [4.69, 9.17) is 16.3 Å². The van der Waals surface area contributed by atoms with Crippen LogP contribution in [0.25, 0.3) is 6.08 Å². The van der Waals surface area contributed by atoms with Crippen molar-refractivity contribution >= 4 is 68.7 Å². The van der Waals surface area contributed by atoms with Crippen LogP contribution in [0.4, 0.5) is 16.2 Å². The summed E-state index contributed by atoms with van der Waals surface area (Å²) in [6.45, 7) is 3.44. The number of aryl methyl sites for hydroxylation is 2. The molecule has 5 amide bonds. The molecule has 3 aromatic rings. The van der Waals surface area contributed by atoms with E-state index >= 15 is 0 Å². The summed E-state index contributed by atoms with van der Waals surface area (Å²) >= 11 is 9.45. The third-order valence-corrected chi connectivity index (χ3v) is 6.30. The summed E-state index contributed by atoms with van der Waals surface area (Å²) in [5.74, 6) is -1.51. The average molecular weight is 583 g/mol. The van der Waals surface area contributed by atoms with Crippen molar-refractivity contribution < 1.29 is 23.9 Å². The van der Waals surface area contributed by atoms with E-state index < -0.39 is 17.8 Å². The van der Waals surface area contributed by atoms with Crippen molar-refractivity contribution in [3.63, 3.8) is 0 Å². The number of anilines is 2. The molecule has 0 saturated carbocycles. The topological polar surface area (TPSA) is 105 Å². The van der Waals surface area contributed by atoms with Crippen LogP contribution in [0.5, 0.6) is 5.75 Å². The summed E-state index contributed by atoms with van der Waals surface area (Å²) in [6, 6.07) is 16.2. The number of urea groups is 1. The number of hydrogen-bond donors (Lipinski definition) is 2. The molecule has 3 aromatic carbocycles. The fraction of sp³-hybridized carbons (Fsp3) is 0.111. The third-order valence-electron chi connectivity index (χ3n) is 5.44. The van der Waals surface area contributed by atoms with E-state index in [1.165, 1.54) is 12.1 Å². The fourth-order valence-electron chi connectivity index (χ4n) is 3.65. The maximum Gasteiger partial charge on any atom is 0.335 e. The van der Waals surface area contributed by atoms with E-state index in [0.29, 0.717) is 32.1 Å². The van der Waals surface area contributed by atoms with Gasteiger partial charge in [-0.2, -0.15) is 0 Å². The SMILES string of the molecule is Cc1cccc(NC(=O)COc2ccc(/C=C3\C(=O)NC(=O)N(c4cc(Cl)ccc4C)C3=O)cc2Br)c1. The Morgan fingerprint density at radius 1 is 1.08 bits per heavy atom. The van der Waals surface area contributed by atoms with E-state index in [0.717, 1.165) is 10.5 Å². The van der Waals surface area contributed by atoms with Crippen LogP contribution in [-0.2, 0) is 14.4 Å². The molecule has 1 heterocycles. The van der Waals surface area contributed by atoms with Gasteiger partial charge in [0.25, 0.3) is 17.7 Å². The highest BCUT2D eigenvalue weighted by Gasteiger charge is 2.37. The number of carbonyl (C=O) groups excluding carboxylic acids is 4. The zero-order valence-electron chi connectivity index (χ0n) is 19.8. The molecule has 0 radical (unpaired) electrons. The van der Waals surface area contributed by atoms with Crippen molar-refractivity contribution in [2.75, 3.05) is 16.8 Å². The average Bonchev–Trinajstić information content (AvgIpc) is 2.83. The van der Waals surface area contributed by atoms with Gasteiger partial charge in [0.15, 0.2) is 6.61 Å². The molecule has 0 unspecified atom stereocenters. The predicted molar refractivity (Wildman–Crippen MR) is 145 cm³/mol. The minimum Gasteiger partial charge on any atom is -0.483 e. The Labute approximate surface area is 226 Å². The first-order valence-electron chi connectivity index (χ1n) is 11.1. The molecule has 8 nitrogen and oxygen atoms in total. The number of nitrogens with one attached hydrogen (secondary N) is 2. The number of rotatable bonds is 6. The molecule has 1 aliphatic heterocycles. The Balaban J connectivity index is 1.50. The molecule has 1 aliphatic rings. The van der Waals surface area contributed by atoms with Gasteiger partial charge in [-0.05, 0) is 88.9 Å². The van der Waals surface area contributed by atoms with E-state index in [2.05, 4.69) is 26.6 Å². The number of ether oxygens (including phenoxy) is 1. The lowest BCUT2D eigenvalue weighted by molar-refractivity contribution is -0.122. The molecule has 10 heteroatoms. The molecule has 2 N–H and O–H groups in total. The van der Waals surface area contributed by atoms with Crippen molar-refractivity contribution in [3.05, 3.63) is 92.4 Å². The van der Waals surface area contributed by atoms with Crippen molar-refractivity contribution in [1.29, 1.82) is 0 Å². The van der Waals surface area contributed by atoms with E-state index in [1.54, 1.807) is 43.3 Å². The molecule has 1 fully saturated rings. The van der Waals surface area contributed by atoms with Crippen molar-refractivity contribution in [2.45, 2.75) is 13.8 Å². The number of amides is 5. The second-order valence-corrected chi connectivity index (χ2v) is 9.58. The standard InChI is InChI=1S/C27H21BrClN3O5/c1-15-4-3-5-19(10-15)30-24(33)14-37-23-9-7-17(12-21(23)28)11-20-25(34)31-27(36)32(26(20)35)22-13-18(29)8-6-16(22)2/h3-13H,14H2,1-2H3,(H,30,33)(H,31,34,36)/b20-11+. The molecular formula is C27H21BrClN3O5. The lowest BCUT2D eigenvalue weighted by atomic mass is 10.1. The molecule has 37 heavy (non-hydrogen) atoms. The van der Waals surface area contributed by atoms with Gasteiger partial charge >= 0.3 is 6.03 Å². The number of barbiturate groups is 1. The number of halogens is 2. The summed E-state index contributed by atoms with van der Waals surface area (Å²) in [5.41, 5.74) is 2.88. The number of hydrogen-bond acceptors (Lipinski definition) is 5. The fourth-order valence-corrected chi connectivity index (χ4v) is 4.33. The minimum atomic E-state index is -0.855. The van der Waals surface area contributed by atoms with Gasteiger partial charge in [0.05, 0.1) is 10.2 Å². The van der Waals surface area contributed by atoms with Gasteiger partial charge in [-0.1, -0.05) is 35.9 Å². The molecule has 4 rings (SSSR count). The lowest BCUT2D eigenvalue weighted by Gasteiger charge is -2.27. The minimum absolute atomic E-state index is 0.218. The number of imide groups is 2. The van der Waals surface area contributed by atoms with Crippen molar-refractivity contribution in [2.24, 2.45) is 0 Å². The maximum absolute atomic E-state index is 13.2. The smallest absolute Gasteiger partial charge is 0.335 e. The Morgan fingerprint density at radius 3 is 2.59 bits per heavy atom. The first-order valence-corrected chi connectivity index (χ1v) is 12.3. The highest BCUT2D eigenvalue weighted by molar-refractivity contribution is 9.10. The number of nitrogens with zero attached hydrogens (tertiary/aromatic N) is 1. The highest BCUT2D eigenvalue weighted by atomic mass is 79.9. The number of benzene rings is 3. The summed E-state index contributed by atoms with van der Waals surface area (Å²) in [7, 11) is 0. The summed E-state index contributed by atoms with van der Waals surface area (Å²) in [4.78, 5) is 51.3. The highest BCUT2D eigenvalue weighted by Crippen LogP contribution is 2.30. The Bertz CT molecular complexity index is 1470. The van der Waals surface area contributed by atoms with E-state index in [-0.39, 0.29) is 23.8 Å². The molecule has 0 bridgehead atoms. The van der Waals surface area contributed by atoms with Crippen LogP contribution in [0.2, 0.25) is 5.02 Å². The zero-order valence-corrected chi connectivity index (χ0v) is 22.1. The van der Waals surface area contributed by atoms with Crippen LogP contribution in [0.1, 0.15) is 16.7 Å². The molecule has 0 aliphatic carbocycles. The van der Waals surface area contributed by atoms with Crippen LogP contribution in [0.3, 0.4) is 0 Å². The Morgan fingerprint density at radius 2 is 1.86 bits per heavy atom. The largest absolute Gasteiger partial charge is 0.483 e. The van der Waals surface area contributed by atoms with Crippen LogP contribution < -0.4 is 20.3 Å². The first-order chi connectivity index (χ1) is 17.6. The van der Waals surface area contributed by atoms with Gasteiger partial charge < -0.3 is 10.1 Å². The molecule has 0 aromatic heterocycles. The number of carbonyl (C=O) groups is 4. The molecule has 188 valence electrons. The first kappa shape index (κ1) is 26.1. The van der Waals surface area contributed by atoms with Crippen molar-refractivity contribution in [1.82, 2.24) is 5.32 Å². The second kappa shape index (κ2) is 11.0. The van der Waals surface area contributed by atoms with Gasteiger partial charge in [0.1, 0.15) is 11.3 Å². The van der Waals surface area contributed by atoms with Crippen LogP contribution >= 0.6 is 27.5 Å². The van der Waals surface area contributed by atoms with E-state index in [1.807, 2.05) is 25.1 Å². The third kappa shape index (κ3) is 6.07. The monoisotopic (exact) mass is 581 g/mol. The lowest BCUT2D eigenvalue weighted by Crippen LogP contribution is -2.54. The summed E-state index contributed by atoms with van der Waals surface area (Å²) in [6.07, 6.45) is 1.37. The van der Waals surface area contributed by atoms with Crippen molar-refractivity contribution in [3.8, 4) is 5.75 Å². The van der Waals surface area contributed by atoms with Crippen LogP contribution in [-0.4, -0.2) is 30.4 Å². The quantitative estimate of drug-likeness (QED) is 0.299. The normalized spacial score (nSPS) is 14.5. The van der Waals surface area contributed by atoms with Gasteiger partial charge in [-0.15, -0.1) is 0 Å². The van der Waals surface area contributed by atoms with Gasteiger partial charge in [-0.3, -0.25) is 19.7 Å². The van der Waals surface area contributed by atoms with Gasteiger partial charge in [-0.25, -0.2) is 9.69 Å². The van der Waals surface area contributed by atoms with Crippen LogP contribution in [0, 0.1) is 13.8 Å². The second-order valence-electron chi connectivity index (χ2n) is 8.28. The van der Waals surface area contributed by atoms with Gasteiger partial charge in [0.2, 0.25) is 0 Å². The predicted octanol–water partition coefficient (Wildman–Crippen LogP) is 5.40. The maximum atomic E-state index is 13.2.